The first kappa shape index (κ1) is 20.5. The number of anilines is 2. The zero-order valence-corrected chi connectivity index (χ0v) is 18.9. The Labute approximate surface area is 199 Å². The van der Waals surface area contributed by atoms with Gasteiger partial charge in [-0.1, -0.05) is 67.1 Å². The van der Waals surface area contributed by atoms with Crippen LogP contribution in [0.5, 0.6) is 5.75 Å². The molecule has 0 radical (unpaired) electrons. The molecule has 168 valence electrons. The molecule has 0 bridgehead atoms. The highest BCUT2D eigenvalue weighted by Gasteiger charge is 2.27. The minimum atomic E-state index is 0.491. The third-order valence-corrected chi connectivity index (χ3v) is 6.44. The second-order valence-corrected chi connectivity index (χ2v) is 8.73. The highest BCUT2D eigenvalue weighted by molar-refractivity contribution is 5.88. The number of nitrogens with zero attached hydrogens (tertiary/aromatic N) is 3. The molecule has 34 heavy (non-hydrogen) atoms. The standard InChI is InChI=1S/C29H26N4O/c1-3-9-21(10-4-1)20-34-25-16-8-13-23(19-25)26-27-28(31-24-14-5-2-6-15-24)30-17-18-33(27)29(32-26)22-11-7-12-22/h1-6,8-10,13-19,22H,7,11-12,20H2,(H,30,31). The van der Waals surface area contributed by atoms with Gasteiger partial charge in [-0.2, -0.15) is 0 Å². The van der Waals surface area contributed by atoms with Crippen LogP contribution in [0, 0.1) is 0 Å². The van der Waals surface area contributed by atoms with Crippen LogP contribution in [0.2, 0.25) is 0 Å². The van der Waals surface area contributed by atoms with Crippen LogP contribution in [0.25, 0.3) is 16.8 Å². The van der Waals surface area contributed by atoms with E-state index < -0.39 is 0 Å². The molecule has 0 unspecified atom stereocenters. The largest absolute Gasteiger partial charge is 0.489 e. The van der Waals surface area contributed by atoms with Crippen LogP contribution in [0.1, 0.15) is 36.6 Å². The number of para-hydroxylation sites is 1. The zero-order chi connectivity index (χ0) is 22.7. The minimum Gasteiger partial charge on any atom is -0.489 e. The molecule has 1 aliphatic carbocycles. The fourth-order valence-electron chi connectivity index (χ4n) is 4.44. The van der Waals surface area contributed by atoms with Crippen molar-refractivity contribution < 1.29 is 4.74 Å². The average molecular weight is 447 g/mol. The molecule has 2 aromatic heterocycles. The summed E-state index contributed by atoms with van der Waals surface area (Å²) in [6.45, 7) is 0.532. The Morgan fingerprint density at radius 3 is 2.47 bits per heavy atom. The third-order valence-electron chi connectivity index (χ3n) is 6.44. The second kappa shape index (κ2) is 9.02. The summed E-state index contributed by atoms with van der Waals surface area (Å²) in [5, 5.41) is 3.50. The van der Waals surface area contributed by atoms with Crippen molar-refractivity contribution in [1.82, 2.24) is 14.4 Å². The second-order valence-electron chi connectivity index (χ2n) is 8.73. The van der Waals surface area contributed by atoms with Gasteiger partial charge in [0.25, 0.3) is 0 Å². The molecule has 0 spiro atoms. The van der Waals surface area contributed by atoms with Gasteiger partial charge in [0.15, 0.2) is 5.82 Å². The van der Waals surface area contributed by atoms with E-state index in [4.69, 9.17) is 14.7 Å². The van der Waals surface area contributed by atoms with Gasteiger partial charge in [-0.15, -0.1) is 0 Å². The molecule has 0 saturated heterocycles. The fraction of sp³-hybridized carbons (Fsp3) is 0.172. The first-order chi connectivity index (χ1) is 16.8. The van der Waals surface area contributed by atoms with E-state index >= 15 is 0 Å². The zero-order valence-electron chi connectivity index (χ0n) is 18.9. The van der Waals surface area contributed by atoms with Crippen LogP contribution >= 0.6 is 0 Å². The van der Waals surface area contributed by atoms with Crippen molar-refractivity contribution in [2.45, 2.75) is 31.8 Å². The van der Waals surface area contributed by atoms with Crippen molar-refractivity contribution in [3.63, 3.8) is 0 Å². The van der Waals surface area contributed by atoms with Crippen LogP contribution in [0.4, 0.5) is 11.5 Å². The summed E-state index contributed by atoms with van der Waals surface area (Å²) in [7, 11) is 0. The number of imidazole rings is 1. The molecule has 1 N–H and O–H groups in total. The summed E-state index contributed by atoms with van der Waals surface area (Å²) in [6, 6.07) is 28.6. The number of hydrogen-bond acceptors (Lipinski definition) is 4. The van der Waals surface area contributed by atoms with Crippen molar-refractivity contribution in [1.29, 1.82) is 0 Å². The molecule has 0 atom stereocenters. The van der Waals surface area contributed by atoms with Gasteiger partial charge in [-0.25, -0.2) is 9.97 Å². The Bertz CT molecular complexity index is 1410. The summed E-state index contributed by atoms with van der Waals surface area (Å²) < 4.78 is 8.33. The maximum atomic E-state index is 6.11. The van der Waals surface area contributed by atoms with Gasteiger partial charge in [-0.05, 0) is 42.7 Å². The van der Waals surface area contributed by atoms with E-state index in [-0.39, 0.29) is 0 Å². The summed E-state index contributed by atoms with van der Waals surface area (Å²) in [6.07, 6.45) is 7.51. The van der Waals surface area contributed by atoms with Gasteiger partial charge in [0.05, 0.1) is 0 Å². The van der Waals surface area contributed by atoms with Gasteiger partial charge in [0.1, 0.15) is 29.4 Å². The number of fused-ring (bicyclic) bond motifs is 1. The van der Waals surface area contributed by atoms with Gasteiger partial charge in [-0.3, -0.25) is 4.40 Å². The van der Waals surface area contributed by atoms with E-state index in [1.807, 2.05) is 73.1 Å². The molecule has 5 aromatic rings. The summed E-state index contributed by atoms with van der Waals surface area (Å²) in [4.78, 5) is 9.87. The Morgan fingerprint density at radius 1 is 0.912 bits per heavy atom. The van der Waals surface area contributed by atoms with E-state index in [0.717, 1.165) is 45.4 Å². The lowest BCUT2D eigenvalue weighted by molar-refractivity contribution is 0.306. The number of nitrogens with one attached hydrogen (secondary N) is 1. The van der Waals surface area contributed by atoms with E-state index in [1.165, 1.54) is 19.3 Å². The van der Waals surface area contributed by atoms with E-state index in [2.05, 4.69) is 34.0 Å². The molecule has 5 nitrogen and oxygen atoms in total. The molecule has 1 fully saturated rings. The molecule has 2 heterocycles. The maximum Gasteiger partial charge on any atom is 0.157 e. The smallest absolute Gasteiger partial charge is 0.157 e. The average Bonchev–Trinajstić information content (AvgIpc) is 3.23. The van der Waals surface area contributed by atoms with Gasteiger partial charge in [0.2, 0.25) is 0 Å². The van der Waals surface area contributed by atoms with Gasteiger partial charge < -0.3 is 10.1 Å². The monoisotopic (exact) mass is 446 g/mol. The van der Waals surface area contributed by atoms with Crippen LogP contribution in [-0.4, -0.2) is 14.4 Å². The molecule has 5 heteroatoms. The molecular weight excluding hydrogens is 420 g/mol. The lowest BCUT2D eigenvalue weighted by Crippen LogP contribution is -2.12. The Morgan fingerprint density at radius 2 is 1.71 bits per heavy atom. The van der Waals surface area contributed by atoms with Crippen molar-refractivity contribution in [2.24, 2.45) is 0 Å². The highest BCUT2D eigenvalue weighted by Crippen LogP contribution is 2.40. The van der Waals surface area contributed by atoms with E-state index in [0.29, 0.717) is 12.5 Å². The SMILES string of the molecule is c1ccc(COc2cccc(-c3nc(C4CCC4)n4ccnc(Nc5ccccc5)c34)c2)cc1. The normalized spacial score (nSPS) is 13.5. The molecule has 6 rings (SSSR count). The lowest BCUT2D eigenvalue weighted by atomic mass is 9.85. The minimum absolute atomic E-state index is 0.491. The summed E-state index contributed by atoms with van der Waals surface area (Å²) in [5.74, 6) is 3.24. The van der Waals surface area contributed by atoms with Crippen LogP contribution in [0.15, 0.2) is 97.3 Å². The number of benzene rings is 3. The van der Waals surface area contributed by atoms with Crippen molar-refractivity contribution in [2.75, 3.05) is 5.32 Å². The van der Waals surface area contributed by atoms with E-state index in [9.17, 15) is 0 Å². The Hall–Kier alpha value is -4.12. The molecular formula is C29H26N4O. The molecule has 3 aromatic carbocycles. The maximum absolute atomic E-state index is 6.11. The fourth-order valence-corrected chi connectivity index (χ4v) is 4.44. The number of hydrogen-bond donors (Lipinski definition) is 1. The van der Waals surface area contributed by atoms with Crippen LogP contribution in [-0.2, 0) is 6.61 Å². The van der Waals surface area contributed by atoms with Crippen molar-refractivity contribution >= 4 is 17.0 Å². The predicted molar refractivity (Wildman–Crippen MR) is 136 cm³/mol. The van der Waals surface area contributed by atoms with E-state index in [1.54, 1.807) is 0 Å². The third kappa shape index (κ3) is 4.01. The first-order valence-corrected chi connectivity index (χ1v) is 11.8. The number of ether oxygens (including phenoxy) is 1. The van der Waals surface area contributed by atoms with Gasteiger partial charge >= 0.3 is 0 Å². The summed E-state index contributed by atoms with van der Waals surface area (Å²) >= 11 is 0. The molecule has 1 saturated carbocycles. The topological polar surface area (TPSA) is 51.5 Å². The Balaban J connectivity index is 1.41. The first-order valence-electron chi connectivity index (χ1n) is 11.8. The van der Waals surface area contributed by atoms with Crippen molar-refractivity contribution in [3.8, 4) is 17.0 Å². The Kier molecular flexibility index (Phi) is 5.44. The number of rotatable bonds is 7. The molecule has 0 amide bonds. The quantitative estimate of drug-likeness (QED) is 0.293. The van der Waals surface area contributed by atoms with Crippen molar-refractivity contribution in [3.05, 3.63) is 109 Å². The molecule has 0 aliphatic heterocycles. The van der Waals surface area contributed by atoms with Crippen LogP contribution < -0.4 is 10.1 Å². The molecule has 1 aliphatic rings. The predicted octanol–water partition coefficient (Wildman–Crippen LogP) is 6.99. The van der Waals surface area contributed by atoms with Gasteiger partial charge in [0, 0.05) is 29.6 Å². The summed E-state index contributed by atoms with van der Waals surface area (Å²) in [5.41, 5.74) is 5.09. The highest BCUT2D eigenvalue weighted by atomic mass is 16.5. The lowest BCUT2D eigenvalue weighted by Gasteiger charge is -2.24. The van der Waals surface area contributed by atoms with Crippen LogP contribution in [0.3, 0.4) is 0 Å². The number of aromatic nitrogens is 3.